The average molecular weight is 313 g/mol. The number of imidazole rings is 1. The lowest BCUT2D eigenvalue weighted by Crippen LogP contribution is -2.44. The summed E-state index contributed by atoms with van der Waals surface area (Å²) in [5.41, 5.74) is 2.12. The van der Waals surface area contributed by atoms with Gasteiger partial charge in [-0.3, -0.25) is 4.99 Å². The molecule has 1 aromatic carbocycles. The van der Waals surface area contributed by atoms with E-state index in [1.807, 2.05) is 18.2 Å². The van der Waals surface area contributed by atoms with Crippen LogP contribution in [0, 0.1) is 0 Å². The fraction of sp³-hybridized carbons (Fsp3) is 0.556. The fourth-order valence-electron chi connectivity index (χ4n) is 3.16. The maximum absolute atomic E-state index is 4.71. The molecule has 3 rings (SSSR count). The first kappa shape index (κ1) is 15.8. The predicted molar refractivity (Wildman–Crippen MR) is 95.8 cm³/mol. The lowest BCUT2D eigenvalue weighted by molar-refractivity contribution is 0.410. The lowest BCUT2D eigenvalue weighted by Gasteiger charge is -2.24. The molecule has 1 aromatic heterocycles. The van der Waals surface area contributed by atoms with E-state index in [-0.39, 0.29) is 0 Å². The lowest BCUT2D eigenvalue weighted by atomic mass is 9.96. The molecule has 1 fully saturated rings. The number of fused-ring (bicyclic) bond motifs is 1. The topological polar surface area (TPSA) is 65.1 Å². The van der Waals surface area contributed by atoms with Gasteiger partial charge >= 0.3 is 0 Å². The Hall–Kier alpha value is -2.04. The summed E-state index contributed by atoms with van der Waals surface area (Å²) in [7, 11) is 0. The standard InChI is InChI=1S/C18H27N5/c1-2-19-18(21-14-8-4-3-5-9-14)20-13-12-17-22-15-10-6-7-11-16(15)23-17/h6-7,10-11,14H,2-5,8-9,12-13H2,1H3,(H,22,23)(H2,19,20,21). The van der Waals surface area contributed by atoms with Gasteiger partial charge in [-0.05, 0) is 31.9 Å². The zero-order valence-corrected chi connectivity index (χ0v) is 13.9. The highest BCUT2D eigenvalue weighted by Gasteiger charge is 2.14. The number of benzene rings is 1. The molecule has 2 aromatic rings. The Morgan fingerprint density at radius 3 is 2.87 bits per heavy atom. The summed E-state index contributed by atoms with van der Waals surface area (Å²) < 4.78 is 0. The first-order valence-electron chi connectivity index (χ1n) is 8.83. The van der Waals surface area contributed by atoms with Crippen LogP contribution in [0.5, 0.6) is 0 Å². The second kappa shape index (κ2) is 7.99. The van der Waals surface area contributed by atoms with Gasteiger partial charge in [-0.2, -0.15) is 0 Å². The average Bonchev–Trinajstić information content (AvgIpc) is 2.98. The molecule has 1 heterocycles. The van der Waals surface area contributed by atoms with Gasteiger partial charge in [0.15, 0.2) is 5.96 Å². The number of hydrogen-bond acceptors (Lipinski definition) is 2. The van der Waals surface area contributed by atoms with Crippen molar-refractivity contribution in [1.82, 2.24) is 20.6 Å². The summed E-state index contributed by atoms with van der Waals surface area (Å²) in [6.07, 6.45) is 7.38. The Kier molecular flexibility index (Phi) is 5.51. The maximum atomic E-state index is 4.71. The highest BCUT2D eigenvalue weighted by Crippen LogP contribution is 2.17. The zero-order chi connectivity index (χ0) is 15.9. The number of para-hydroxylation sites is 2. The molecule has 1 aliphatic carbocycles. The molecule has 5 nitrogen and oxygen atoms in total. The largest absolute Gasteiger partial charge is 0.357 e. The summed E-state index contributed by atoms with van der Waals surface area (Å²) >= 11 is 0. The summed E-state index contributed by atoms with van der Waals surface area (Å²) in [5.74, 6) is 1.94. The minimum Gasteiger partial charge on any atom is -0.357 e. The molecule has 1 saturated carbocycles. The van der Waals surface area contributed by atoms with E-state index in [2.05, 4.69) is 33.6 Å². The quantitative estimate of drug-likeness (QED) is 0.587. The summed E-state index contributed by atoms with van der Waals surface area (Å²) in [5, 5.41) is 6.93. The summed E-state index contributed by atoms with van der Waals surface area (Å²) in [6.45, 7) is 3.74. The number of guanidine groups is 1. The van der Waals surface area contributed by atoms with Gasteiger partial charge in [0.25, 0.3) is 0 Å². The Balaban J connectivity index is 1.56. The van der Waals surface area contributed by atoms with Crippen molar-refractivity contribution in [3.05, 3.63) is 30.1 Å². The summed E-state index contributed by atoms with van der Waals surface area (Å²) in [4.78, 5) is 12.7. The predicted octanol–water partition coefficient (Wildman–Crippen LogP) is 2.99. The van der Waals surface area contributed by atoms with Gasteiger partial charge in [-0.1, -0.05) is 31.4 Å². The molecule has 5 heteroatoms. The number of aromatic amines is 1. The minimum atomic E-state index is 0.577. The Bertz CT molecular complexity index is 607. The Morgan fingerprint density at radius 2 is 2.09 bits per heavy atom. The van der Waals surface area contributed by atoms with Gasteiger partial charge in [-0.15, -0.1) is 0 Å². The van der Waals surface area contributed by atoms with Gasteiger partial charge < -0.3 is 15.6 Å². The van der Waals surface area contributed by atoms with E-state index >= 15 is 0 Å². The number of rotatable bonds is 5. The van der Waals surface area contributed by atoms with Crippen LogP contribution in [-0.2, 0) is 6.42 Å². The van der Waals surface area contributed by atoms with Crippen molar-refractivity contribution >= 4 is 17.0 Å². The fourth-order valence-corrected chi connectivity index (χ4v) is 3.16. The minimum absolute atomic E-state index is 0.577. The van der Waals surface area contributed by atoms with Crippen LogP contribution in [0.15, 0.2) is 29.3 Å². The van der Waals surface area contributed by atoms with Crippen molar-refractivity contribution in [2.45, 2.75) is 51.5 Å². The van der Waals surface area contributed by atoms with E-state index in [0.717, 1.165) is 42.3 Å². The zero-order valence-electron chi connectivity index (χ0n) is 13.9. The molecule has 0 atom stereocenters. The Labute approximate surface area is 138 Å². The smallest absolute Gasteiger partial charge is 0.191 e. The van der Waals surface area contributed by atoms with Crippen molar-refractivity contribution in [2.24, 2.45) is 4.99 Å². The van der Waals surface area contributed by atoms with Crippen LogP contribution in [-0.4, -0.2) is 35.1 Å². The van der Waals surface area contributed by atoms with Gasteiger partial charge in [0.2, 0.25) is 0 Å². The molecule has 0 radical (unpaired) electrons. The third-order valence-electron chi connectivity index (χ3n) is 4.35. The normalized spacial score (nSPS) is 16.7. The van der Waals surface area contributed by atoms with Crippen LogP contribution < -0.4 is 10.6 Å². The van der Waals surface area contributed by atoms with Crippen molar-refractivity contribution < 1.29 is 0 Å². The van der Waals surface area contributed by atoms with Crippen LogP contribution in [0.4, 0.5) is 0 Å². The molecule has 0 aliphatic heterocycles. The third kappa shape index (κ3) is 4.47. The molecule has 1 aliphatic rings. The third-order valence-corrected chi connectivity index (χ3v) is 4.35. The molecule has 3 N–H and O–H groups in total. The maximum Gasteiger partial charge on any atom is 0.191 e. The molecule has 0 bridgehead atoms. The number of nitrogens with zero attached hydrogens (tertiary/aromatic N) is 2. The van der Waals surface area contributed by atoms with Crippen molar-refractivity contribution in [2.75, 3.05) is 13.1 Å². The first-order valence-corrected chi connectivity index (χ1v) is 8.83. The number of nitrogens with one attached hydrogen (secondary N) is 3. The van der Waals surface area contributed by atoms with Crippen molar-refractivity contribution in [1.29, 1.82) is 0 Å². The van der Waals surface area contributed by atoms with Crippen LogP contribution in [0.2, 0.25) is 0 Å². The molecular formula is C18H27N5. The van der Waals surface area contributed by atoms with E-state index in [1.54, 1.807) is 0 Å². The molecule has 0 saturated heterocycles. The van der Waals surface area contributed by atoms with Crippen LogP contribution in [0.25, 0.3) is 11.0 Å². The number of H-pyrrole nitrogens is 1. The first-order chi connectivity index (χ1) is 11.3. The molecule has 23 heavy (non-hydrogen) atoms. The second-order valence-corrected chi connectivity index (χ2v) is 6.19. The molecule has 0 spiro atoms. The van der Waals surface area contributed by atoms with Crippen molar-refractivity contribution in [3.63, 3.8) is 0 Å². The van der Waals surface area contributed by atoms with E-state index in [4.69, 9.17) is 4.99 Å². The van der Waals surface area contributed by atoms with E-state index in [1.165, 1.54) is 32.1 Å². The van der Waals surface area contributed by atoms with Gasteiger partial charge in [-0.25, -0.2) is 4.98 Å². The number of aromatic nitrogens is 2. The highest BCUT2D eigenvalue weighted by molar-refractivity contribution is 5.80. The van der Waals surface area contributed by atoms with Crippen LogP contribution in [0.1, 0.15) is 44.9 Å². The van der Waals surface area contributed by atoms with Gasteiger partial charge in [0.1, 0.15) is 5.82 Å². The number of hydrogen-bond donors (Lipinski definition) is 3. The summed E-state index contributed by atoms with van der Waals surface area (Å²) in [6, 6.07) is 8.71. The highest BCUT2D eigenvalue weighted by atomic mass is 15.2. The molecule has 0 unspecified atom stereocenters. The Morgan fingerprint density at radius 1 is 1.26 bits per heavy atom. The molecular weight excluding hydrogens is 286 g/mol. The monoisotopic (exact) mass is 313 g/mol. The van der Waals surface area contributed by atoms with Gasteiger partial charge in [0, 0.05) is 25.6 Å². The van der Waals surface area contributed by atoms with Gasteiger partial charge in [0.05, 0.1) is 11.0 Å². The molecule has 124 valence electrons. The van der Waals surface area contributed by atoms with E-state index in [9.17, 15) is 0 Å². The van der Waals surface area contributed by atoms with E-state index < -0.39 is 0 Å². The van der Waals surface area contributed by atoms with Crippen LogP contribution in [0.3, 0.4) is 0 Å². The van der Waals surface area contributed by atoms with E-state index in [0.29, 0.717) is 6.04 Å². The van der Waals surface area contributed by atoms with Crippen LogP contribution >= 0.6 is 0 Å². The molecule has 0 amide bonds. The second-order valence-electron chi connectivity index (χ2n) is 6.19. The van der Waals surface area contributed by atoms with Crippen molar-refractivity contribution in [3.8, 4) is 0 Å². The number of aliphatic imine (C=N–C) groups is 1. The SMILES string of the molecule is CCNC(=NCCc1nc2ccccc2[nH]1)NC1CCCCC1.